The van der Waals surface area contributed by atoms with Crippen LogP contribution in [0.4, 0.5) is 0 Å². The van der Waals surface area contributed by atoms with Crippen molar-refractivity contribution in [1.82, 2.24) is 14.8 Å². The molecule has 0 bridgehead atoms. The SMILES string of the molecule is O=C(CCc1ccnc2ccccc12)N1CCCN(C(=O)CC2CCCC2)CC1. The first-order chi connectivity index (χ1) is 14.2. The number of aromatic nitrogens is 1. The number of para-hydroxylation sites is 1. The number of aryl methyl sites for hydroxylation is 1. The summed E-state index contributed by atoms with van der Waals surface area (Å²) in [6.07, 6.45) is 9.57. The van der Waals surface area contributed by atoms with Crippen molar-refractivity contribution in [2.24, 2.45) is 5.92 Å². The van der Waals surface area contributed by atoms with Crippen LogP contribution in [-0.4, -0.2) is 52.8 Å². The Morgan fingerprint density at radius 1 is 0.897 bits per heavy atom. The van der Waals surface area contributed by atoms with E-state index < -0.39 is 0 Å². The summed E-state index contributed by atoms with van der Waals surface area (Å²) in [4.78, 5) is 33.8. The van der Waals surface area contributed by atoms with Crippen molar-refractivity contribution in [3.8, 4) is 0 Å². The molecule has 2 amide bonds. The second kappa shape index (κ2) is 9.38. The monoisotopic (exact) mass is 393 g/mol. The number of amides is 2. The van der Waals surface area contributed by atoms with Gasteiger partial charge in [-0.25, -0.2) is 0 Å². The highest BCUT2D eigenvalue weighted by atomic mass is 16.2. The van der Waals surface area contributed by atoms with E-state index in [1.54, 1.807) is 0 Å². The van der Waals surface area contributed by atoms with Crippen LogP contribution in [0.25, 0.3) is 10.9 Å². The Morgan fingerprint density at radius 3 is 2.41 bits per heavy atom. The lowest BCUT2D eigenvalue weighted by Gasteiger charge is -2.23. The maximum atomic E-state index is 12.8. The third-order valence-electron chi connectivity index (χ3n) is 6.49. The molecule has 29 heavy (non-hydrogen) atoms. The van der Waals surface area contributed by atoms with Gasteiger partial charge in [0.05, 0.1) is 5.52 Å². The maximum Gasteiger partial charge on any atom is 0.222 e. The van der Waals surface area contributed by atoms with E-state index in [1.165, 1.54) is 31.2 Å². The number of carbonyl (C=O) groups is 2. The topological polar surface area (TPSA) is 53.5 Å². The number of nitrogens with zero attached hydrogens (tertiary/aromatic N) is 3. The van der Waals surface area contributed by atoms with Gasteiger partial charge in [-0.05, 0) is 49.3 Å². The van der Waals surface area contributed by atoms with E-state index in [-0.39, 0.29) is 11.8 Å². The number of pyridine rings is 1. The fourth-order valence-electron chi connectivity index (χ4n) is 4.78. The standard InChI is InChI=1S/C24H31N3O2/c28-23(11-10-20-12-13-25-22-9-4-3-8-21(20)22)26-14-5-15-27(17-16-26)24(29)18-19-6-1-2-7-19/h3-4,8-9,12-13,19H,1-2,5-7,10-11,14-18H2. The highest BCUT2D eigenvalue weighted by Crippen LogP contribution is 2.28. The zero-order chi connectivity index (χ0) is 20.1. The first-order valence-electron chi connectivity index (χ1n) is 11.1. The molecule has 1 saturated carbocycles. The van der Waals surface area contributed by atoms with Crippen molar-refractivity contribution in [2.45, 2.75) is 51.4 Å². The number of hydrogen-bond acceptors (Lipinski definition) is 3. The van der Waals surface area contributed by atoms with E-state index in [9.17, 15) is 9.59 Å². The number of benzene rings is 1. The Balaban J connectivity index is 1.29. The summed E-state index contributed by atoms with van der Waals surface area (Å²) in [7, 11) is 0. The van der Waals surface area contributed by atoms with Crippen molar-refractivity contribution in [2.75, 3.05) is 26.2 Å². The molecule has 4 rings (SSSR count). The van der Waals surface area contributed by atoms with E-state index in [2.05, 4.69) is 11.1 Å². The summed E-state index contributed by atoms with van der Waals surface area (Å²) in [6, 6.07) is 10.1. The molecule has 1 aromatic heterocycles. The minimum Gasteiger partial charge on any atom is -0.341 e. The predicted molar refractivity (Wildman–Crippen MR) is 114 cm³/mol. The second-order valence-corrected chi connectivity index (χ2v) is 8.46. The van der Waals surface area contributed by atoms with Gasteiger partial charge in [-0.2, -0.15) is 0 Å². The Kier molecular flexibility index (Phi) is 6.43. The highest BCUT2D eigenvalue weighted by Gasteiger charge is 2.25. The first kappa shape index (κ1) is 19.9. The fourth-order valence-corrected chi connectivity index (χ4v) is 4.78. The van der Waals surface area contributed by atoms with Gasteiger partial charge in [0.1, 0.15) is 0 Å². The van der Waals surface area contributed by atoms with Crippen LogP contribution in [-0.2, 0) is 16.0 Å². The maximum absolute atomic E-state index is 12.8. The fraction of sp³-hybridized carbons (Fsp3) is 0.542. The van der Waals surface area contributed by atoms with E-state index in [1.807, 2.05) is 40.3 Å². The van der Waals surface area contributed by atoms with Gasteiger partial charge < -0.3 is 9.80 Å². The van der Waals surface area contributed by atoms with Crippen LogP contribution >= 0.6 is 0 Å². The van der Waals surface area contributed by atoms with Gasteiger partial charge in [-0.15, -0.1) is 0 Å². The summed E-state index contributed by atoms with van der Waals surface area (Å²) in [5.41, 5.74) is 2.15. The molecule has 0 radical (unpaired) electrons. The molecule has 1 aliphatic carbocycles. The molecule has 154 valence electrons. The van der Waals surface area contributed by atoms with Gasteiger partial charge in [0.2, 0.25) is 11.8 Å². The Hall–Kier alpha value is -2.43. The summed E-state index contributed by atoms with van der Waals surface area (Å²) in [6.45, 7) is 2.87. The predicted octanol–water partition coefficient (Wildman–Crippen LogP) is 3.81. The van der Waals surface area contributed by atoms with Crippen LogP contribution in [0.15, 0.2) is 36.5 Å². The van der Waals surface area contributed by atoms with Gasteiger partial charge in [0, 0.05) is 50.6 Å². The molecule has 2 aliphatic rings. The lowest BCUT2D eigenvalue weighted by Crippen LogP contribution is -2.37. The average Bonchev–Trinajstić information content (AvgIpc) is 3.12. The lowest BCUT2D eigenvalue weighted by molar-refractivity contribution is -0.134. The third kappa shape index (κ3) is 4.95. The molecular formula is C24H31N3O2. The van der Waals surface area contributed by atoms with Gasteiger partial charge in [-0.3, -0.25) is 14.6 Å². The zero-order valence-corrected chi connectivity index (χ0v) is 17.2. The van der Waals surface area contributed by atoms with Crippen molar-refractivity contribution in [1.29, 1.82) is 0 Å². The summed E-state index contributed by atoms with van der Waals surface area (Å²) < 4.78 is 0. The Labute approximate surface area is 173 Å². The Bertz CT molecular complexity index is 855. The van der Waals surface area contributed by atoms with Crippen LogP contribution in [0, 0.1) is 5.92 Å². The van der Waals surface area contributed by atoms with Crippen molar-refractivity contribution in [3.05, 3.63) is 42.1 Å². The zero-order valence-electron chi connectivity index (χ0n) is 17.2. The number of hydrogen-bond donors (Lipinski definition) is 0. The van der Waals surface area contributed by atoms with Crippen LogP contribution in [0.2, 0.25) is 0 Å². The second-order valence-electron chi connectivity index (χ2n) is 8.46. The summed E-state index contributed by atoms with van der Waals surface area (Å²) >= 11 is 0. The molecule has 1 aliphatic heterocycles. The normalized spacial score (nSPS) is 18.2. The van der Waals surface area contributed by atoms with Crippen molar-refractivity contribution >= 4 is 22.7 Å². The molecular weight excluding hydrogens is 362 g/mol. The van der Waals surface area contributed by atoms with E-state index >= 15 is 0 Å². The average molecular weight is 394 g/mol. The van der Waals surface area contributed by atoms with Crippen molar-refractivity contribution in [3.63, 3.8) is 0 Å². The largest absolute Gasteiger partial charge is 0.341 e. The lowest BCUT2D eigenvalue weighted by atomic mass is 10.0. The smallest absolute Gasteiger partial charge is 0.222 e. The van der Waals surface area contributed by atoms with Crippen molar-refractivity contribution < 1.29 is 9.59 Å². The quantitative estimate of drug-likeness (QED) is 0.776. The molecule has 1 saturated heterocycles. The molecule has 5 nitrogen and oxygen atoms in total. The molecule has 2 heterocycles. The minimum absolute atomic E-state index is 0.191. The van der Waals surface area contributed by atoms with Gasteiger partial charge in [0.25, 0.3) is 0 Å². The molecule has 2 fully saturated rings. The first-order valence-corrected chi connectivity index (χ1v) is 11.1. The van der Waals surface area contributed by atoms with Gasteiger partial charge >= 0.3 is 0 Å². The van der Waals surface area contributed by atoms with Crippen LogP contribution in [0.5, 0.6) is 0 Å². The van der Waals surface area contributed by atoms with Gasteiger partial charge in [-0.1, -0.05) is 31.0 Å². The van der Waals surface area contributed by atoms with Crippen LogP contribution < -0.4 is 0 Å². The van der Waals surface area contributed by atoms with E-state index in [0.717, 1.165) is 36.8 Å². The molecule has 1 aromatic carbocycles. The van der Waals surface area contributed by atoms with E-state index in [0.29, 0.717) is 31.8 Å². The summed E-state index contributed by atoms with van der Waals surface area (Å²) in [5.74, 6) is 1.06. The van der Waals surface area contributed by atoms with E-state index in [4.69, 9.17) is 0 Å². The third-order valence-corrected chi connectivity index (χ3v) is 6.49. The van der Waals surface area contributed by atoms with Gasteiger partial charge in [0.15, 0.2) is 0 Å². The molecule has 0 N–H and O–H groups in total. The molecule has 0 unspecified atom stereocenters. The number of carbonyl (C=O) groups excluding carboxylic acids is 2. The van der Waals surface area contributed by atoms with Crippen LogP contribution in [0.1, 0.15) is 50.5 Å². The highest BCUT2D eigenvalue weighted by molar-refractivity contribution is 5.83. The minimum atomic E-state index is 0.191. The molecule has 0 atom stereocenters. The molecule has 2 aromatic rings. The number of rotatable bonds is 5. The summed E-state index contributed by atoms with van der Waals surface area (Å²) in [5, 5.41) is 1.13. The number of fused-ring (bicyclic) bond motifs is 1. The Morgan fingerprint density at radius 2 is 1.62 bits per heavy atom. The molecule has 0 spiro atoms. The molecule has 5 heteroatoms. The van der Waals surface area contributed by atoms with Crippen LogP contribution in [0.3, 0.4) is 0 Å².